The quantitative estimate of drug-likeness (QED) is 0.623. The zero-order valence-corrected chi connectivity index (χ0v) is 6.51. The van der Waals surface area contributed by atoms with Crippen LogP contribution in [0.15, 0.2) is 27.2 Å². The Hall–Kier alpha value is -1.92. The number of azo groups is 1. The molecule has 7 nitrogen and oxygen atoms in total. The van der Waals surface area contributed by atoms with Crippen molar-refractivity contribution in [3.8, 4) is 0 Å². The monoisotopic (exact) mass is 182 g/mol. The lowest BCUT2D eigenvalue weighted by molar-refractivity contribution is -0.122. The van der Waals surface area contributed by atoms with Crippen molar-refractivity contribution >= 4 is 12.2 Å². The highest BCUT2D eigenvalue weighted by atomic mass is 16.7. The summed E-state index contributed by atoms with van der Waals surface area (Å²) < 4.78 is 9.75. The molecule has 2 aliphatic heterocycles. The van der Waals surface area contributed by atoms with Crippen molar-refractivity contribution in [2.75, 3.05) is 6.79 Å². The summed E-state index contributed by atoms with van der Waals surface area (Å²) in [6, 6.07) is 0. The third-order valence-corrected chi connectivity index (χ3v) is 1.66. The van der Waals surface area contributed by atoms with Crippen LogP contribution < -0.4 is 5.73 Å². The molecule has 0 bridgehead atoms. The number of hydrogen-bond acceptors (Lipinski definition) is 6. The number of carbonyl (C=O) groups excluding carboxylic acids is 1. The van der Waals surface area contributed by atoms with Crippen LogP contribution in [-0.2, 0) is 14.3 Å². The molecule has 0 aromatic carbocycles. The SMILES string of the molecule is NC(=O)C1(C2=COCO2)N=CN=N1. The van der Waals surface area contributed by atoms with Crippen molar-refractivity contribution in [3.63, 3.8) is 0 Å². The highest BCUT2D eigenvalue weighted by Crippen LogP contribution is 2.29. The summed E-state index contributed by atoms with van der Waals surface area (Å²) in [4.78, 5) is 14.8. The maximum absolute atomic E-state index is 11.1. The van der Waals surface area contributed by atoms with E-state index >= 15 is 0 Å². The molecule has 0 aliphatic carbocycles. The maximum Gasteiger partial charge on any atom is 0.310 e. The summed E-state index contributed by atoms with van der Waals surface area (Å²) in [6.07, 6.45) is 2.40. The Labute approximate surface area is 72.9 Å². The fraction of sp³-hybridized carbons (Fsp3) is 0.333. The number of nitrogens with two attached hydrogens (primary N) is 1. The number of carbonyl (C=O) groups is 1. The molecule has 0 saturated carbocycles. The van der Waals surface area contributed by atoms with E-state index in [1.807, 2.05) is 0 Å². The minimum Gasteiger partial charge on any atom is -0.461 e. The minimum atomic E-state index is -1.55. The Morgan fingerprint density at radius 1 is 1.69 bits per heavy atom. The van der Waals surface area contributed by atoms with Gasteiger partial charge in [0.2, 0.25) is 6.79 Å². The Balaban J connectivity index is 2.39. The second kappa shape index (κ2) is 2.54. The van der Waals surface area contributed by atoms with Gasteiger partial charge in [-0.15, -0.1) is 10.2 Å². The van der Waals surface area contributed by atoms with Crippen molar-refractivity contribution < 1.29 is 14.3 Å². The lowest BCUT2D eigenvalue weighted by atomic mass is 10.1. The number of hydrogen-bond donors (Lipinski definition) is 1. The number of ether oxygens (including phenoxy) is 2. The molecular weight excluding hydrogens is 176 g/mol. The highest BCUT2D eigenvalue weighted by molar-refractivity contribution is 5.90. The van der Waals surface area contributed by atoms with Crippen LogP contribution in [0.5, 0.6) is 0 Å². The summed E-state index contributed by atoms with van der Waals surface area (Å²) in [5.74, 6) is -0.584. The lowest BCUT2D eigenvalue weighted by Gasteiger charge is -2.15. The topological polar surface area (TPSA) is 98.6 Å². The first kappa shape index (κ1) is 7.71. The van der Waals surface area contributed by atoms with Gasteiger partial charge < -0.3 is 15.2 Å². The molecule has 0 fully saturated rings. The number of amides is 1. The molecule has 68 valence electrons. The Kier molecular flexibility index (Phi) is 1.51. The van der Waals surface area contributed by atoms with Crippen molar-refractivity contribution in [1.29, 1.82) is 0 Å². The van der Waals surface area contributed by atoms with Gasteiger partial charge in [0.25, 0.3) is 5.91 Å². The third-order valence-electron chi connectivity index (χ3n) is 1.66. The highest BCUT2D eigenvalue weighted by Gasteiger charge is 2.46. The van der Waals surface area contributed by atoms with E-state index in [1.165, 1.54) is 6.26 Å². The van der Waals surface area contributed by atoms with Gasteiger partial charge in [-0.1, -0.05) is 0 Å². The molecule has 7 heteroatoms. The molecule has 2 aliphatic rings. The second-order valence-corrected chi connectivity index (χ2v) is 2.41. The van der Waals surface area contributed by atoms with Crippen molar-refractivity contribution in [3.05, 3.63) is 12.0 Å². The van der Waals surface area contributed by atoms with Crippen LogP contribution in [0.3, 0.4) is 0 Å². The minimum absolute atomic E-state index is 0.0371. The maximum atomic E-state index is 11.1. The van der Waals surface area contributed by atoms with Crippen LogP contribution in [0.1, 0.15) is 0 Å². The Morgan fingerprint density at radius 3 is 3.00 bits per heavy atom. The van der Waals surface area contributed by atoms with Gasteiger partial charge in [-0.2, -0.15) is 0 Å². The van der Waals surface area contributed by atoms with E-state index in [4.69, 9.17) is 15.2 Å². The summed E-state index contributed by atoms with van der Waals surface area (Å²) >= 11 is 0. The van der Waals surface area contributed by atoms with Crippen LogP contribution in [-0.4, -0.2) is 24.7 Å². The Bertz CT molecular complexity index is 321. The van der Waals surface area contributed by atoms with E-state index in [9.17, 15) is 4.79 Å². The van der Waals surface area contributed by atoms with Gasteiger partial charge in [-0.3, -0.25) is 4.79 Å². The first-order valence-corrected chi connectivity index (χ1v) is 3.46. The normalized spacial score (nSPS) is 29.7. The first-order chi connectivity index (χ1) is 6.26. The van der Waals surface area contributed by atoms with Gasteiger partial charge in [0, 0.05) is 0 Å². The molecule has 2 rings (SSSR count). The largest absolute Gasteiger partial charge is 0.461 e. The molecule has 0 aromatic rings. The van der Waals surface area contributed by atoms with Gasteiger partial charge in [0.1, 0.15) is 12.6 Å². The van der Waals surface area contributed by atoms with Crippen LogP contribution in [0.25, 0.3) is 0 Å². The zero-order chi connectivity index (χ0) is 9.31. The van der Waals surface area contributed by atoms with Gasteiger partial charge in [-0.05, 0) is 0 Å². The molecule has 0 saturated heterocycles. The van der Waals surface area contributed by atoms with Crippen LogP contribution >= 0.6 is 0 Å². The Morgan fingerprint density at radius 2 is 2.54 bits per heavy atom. The fourth-order valence-electron chi connectivity index (χ4n) is 1.02. The van der Waals surface area contributed by atoms with Crippen molar-refractivity contribution in [1.82, 2.24) is 0 Å². The van der Waals surface area contributed by atoms with E-state index < -0.39 is 11.6 Å². The smallest absolute Gasteiger partial charge is 0.310 e. The van der Waals surface area contributed by atoms with E-state index in [0.29, 0.717) is 0 Å². The average molecular weight is 182 g/mol. The third kappa shape index (κ3) is 0.968. The van der Waals surface area contributed by atoms with E-state index in [2.05, 4.69) is 15.2 Å². The molecule has 1 amide bonds. The van der Waals surface area contributed by atoms with E-state index in [-0.39, 0.29) is 12.6 Å². The van der Waals surface area contributed by atoms with Crippen LogP contribution in [0.4, 0.5) is 0 Å². The first-order valence-electron chi connectivity index (χ1n) is 3.46. The standard InChI is InChI=1S/C6H6N4O3/c7-5(11)6(8-2-9-10-6)4-1-12-3-13-4/h1-2H,3H2,(H2,7,11). The molecule has 0 radical (unpaired) electrons. The number of rotatable bonds is 2. The van der Waals surface area contributed by atoms with Gasteiger partial charge in [0.05, 0.1) is 0 Å². The predicted octanol–water partition coefficient (Wildman–Crippen LogP) is -0.492. The van der Waals surface area contributed by atoms with Crippen LogP contribution in [0, 0.1) is 0 Å². The molecule has 2 heterocycles. The molecular formula is C6H6N4O3. The summed E-state index contributed by atoms with van der Waals surface area (Å²) in [6.45, 7) is 0.0371. The summed E-state index contributed by atoms with van der Waals surface area (Å²) in [5.41, 5.74) is 3.58. The molecule has 1 atom stereocenters. The van der Waals surface area contributed by atoms with Gasteiger partial charge >= 0.3 is 5.66 Å². The molecule has 2 N–H and O–H groups in total. The van der Waals surface area contributed by atoms with E-state index in [0.717, 1.165) is 6.34 Å². The molecule has 0 spiro atoms. The molecule has 13 heavy (non-hydrogen) atoms. The van der Waals surface area contributed by atoms with Gasteiger partial charge in [-0.25, -0.2) is 4.99 Å². The number of aliphatic imine (C=N–C) groups is 1. The van der Waals surface area contributed by atoms with Gasteiger partial charge in [0.15, 0.2) is 5.76 Å². The van der Waals surface area contributed by atoms with Crippen LogP contribution in [0.2, 0.25) is 0 Å². The van der Waals surface area contributed by atoms with Crippen molar-refractivity contribution in [2.45, 2.75) is 5.66 Å². The van der Waals surface area contributed by atoms with Crippen molar-refractivity contribution in [2.24, 2.45) is 21.0 Å². The fourth-order valence-corrected chi connectivity index (χ4v) is 1.02. The number of nitrogens with zero attached hydrogens (tertiary/aromatic N) is 3. The predicted molar refractivity (Wildman–Crippen MR) is 40.4 cm³/mol. The molecule has 0 aromatic heterocycles. The molecule has 1 unspecified atom stereocenters. The van der Waals surface area contributed by atoms with E-state index in [1.54, 1.807) is 0 Å². The summed E-state index contributed by atoms with van der Waals surface area (Å²) in [7, 11) is 0. The average Bonchev–Trinajstić information content (AvgIpc) is 2.75. The second-order valence-electron chi connectivity index (χ2n) is 2.41. The summed E-state index contributed by atoms with van der Waals surface area (Å²) in [5, 5.41) is 7.06. The zero-order valence-electron chi connectivity index (χ0n) is 6.51. The number of primary amides is 1. The lowest BCUT2D eigenvalue weighted by Crippen LogP contribution is -2.41.